The zero-order valence-corrected chi connectivity index (χ0v) is 20.0. The first-order valence-electron chi connectivity index (χ1n) is 10.5. The monoisotopic (exact) mass is 500 g/mol. The van der Waals surface area contributed by atoms with E-state index < -0.39 is 0 Å². The van der Waals surface area contributed by atoms with Crippen LogP contribution in [-0.2, 0) is 0 Å². The number of ether oxygens (including phenoxy) is 1. The summed E-state index contributed by atoms with van der Waals surface area (Å²) in [6, 6.07) is 11.0. The van der Waals surface area contributed by atoms with Crippen LogP contribution < -0.4 is 4.74 Å². The number of halogens is 4. The number of hydrogen-bond acceptors (Lipinski definition) is 3. The van der Waals surface area contributed by atoms with Gasteiger partial charge < -0.3 is 9.64 Å². The molecule has 0 radical (unpaired) electrons. The normalized spacial score (nSPS) is 18.9. The molecule has 0 spiro atoms. The van der Waals surface area contributed by atoms with Crippen molar-refractivity contribution >= 4 is 52.3 Å². The number of amides is 1. The maximum absolute atomic E-state index is 12.8. The van der Waals surface area contributed by atoms with Crippen molar-refractivity contribution in [3.8, 4) is 5.75 Å². The fraction of sp³-hybridized carbons (Fsp3) is 0.435. The fourth-order valence-electron chi connectivity index (χ4n) is 4.35. The van der Waals surface area contributed by atoms with Gasteiger partial charge in [0.2, 0.25) is 0 Å². The molecular formula is C23H24Cl4N2O2. The van der Waals surface area contributed by atoms with Crippen molar-refractivity contribution in [2.24, 2.45) is 0 Å². The Labute approximate surface area is 202 Å². The minimum atomic E-state index is 0.0192. The van der Waals surface area contributed by atoms with Crippen molar-refractivity contribution < 1.29 is 9.53 Å². The molecule has 166 valence electrons. The van der Waals surface area contributed by atoms with Crippen molar-refractivity contribution in [1.29, 1.82) is 0 Å². The Morgan fingerprint density at radius 2 is 1.39 bits per heavy atom. The quantitative estimate of drug-likeness (QED) is 0.482. The molecule has 2 aromatic carbocycles. The highest BCUT2D eigenvalue weighted by Gasteiger charge is 2.30. The largest absolute Gasteiger partial charge is 0.490 e. The number of hydrogen-bond donors (Lipinski definition) is 0. The lowest BCUT2D eigenvalue weighted by molar-refractivity contribution is 0.0425. The van der Waals surface area contributed by atoms with Gasteiger partial charge in [-0.2, -0.15) is 0 Å². The van der Waals surface area contributed by atoms with Crippen LogP contribution in [0, 0.1) is 0 Å². The van der Waals surface area contributed by atoms with Gasteiger partial charge in [0, 0.05) is 43.9 Å². The second-order valence-electron chi connectivity index (χ2n) is 8.08. The highest BCUT2D eigenvalue weighted by Crippen LogP contribution is 2.29. The van der Waals surface area contributed by atoms with Gasteiger partial charge in [0.1, 0.15) is 11.9 Å². The second-order valence-corrected chi connectivity index (χ2v) is 9.71. The van der Waals surface area contributed by atoms with Crippen molar-refractivity contribution in [1.82, 2.24) is 9.80 Å². The molecule has 2 heterocycles. The molecule has 4 nitrogen and oxygen atoms in total. The van der Waals surface area contributed by atoms with Gasteiger partial charge in [0.15, 0.2) is 0 Å². The molecule has 2 saturated heterocycles. The maximum atomic E-state index is 12.8. The molecule has 0 aliphatic carbocycles. The summed E-state index contributed by atoms with van der Waals surface area (Å²) in [5.74, 6) is 0.785. The first-order chi connectivity index (χ1) is 14.9. The standard InChI is InChI=1S/C23H24Cl4N2O2/c24-19-3-1-15(13-21(19)26)23(30)29-9-5-16(6-10-29)28-11-7-17(8-12-28)31-18-2-4-20(25)22(27)14-18/h1-4,13-14,16-17H,5-12H2. The third-order valence-electron chi connectivity index (χ3n) is 6.11. The molecule has 1 amide bonds. The summed E-state index contributed by atoms with van der Waals surface area (Å²) in [5.41, 5.74) is 0.591. The number of likely N-dealkylation sites (tertiary alicyclic amines) is 2. The highest BCUT2D eigenvalue weighted by atomic mass is 35.5. The van der Waals surface area contributed by atoms with Crippen LogP contribution in [0.15, 0.2) is 36.4 Å². The smallest absolute Gasteiger partial charge is 0.253 e. The number of rotatable bonds is 4. The van der Waals surface area contributed by atoms with E-state index in [9.17, 15) is 4.79 Å². The maximum Gasteiger partial charge on any atom is 0.253 e. The van der Waals surface area contributed by atoms with E-state index in [-0.39, 0.29) is 12.0 Å². The van der Waals surface area contributed by atoms with Crippen molar-refractivity contribution in [3.63, 3.8) is 0 Å². The Morgan fingerprint density at radius 1 is 0.774 bits per heavy atom. The molecular weight excluding hydrogens is 478 g/mol. The van der Waals surface area contributed by atoms with Crippen molar-refractivity contribution in [2.45, 2.75) is 37.8 Å². The summed E-state index contributed by atoms with van der Waals surface area (Å²) < 4.78 is 6.10. The molecule has 0 bridgehead atoms. The minimum Gasteiger partial charge on any atom is -0.490 e. The summed E-state index contributed by atoms with van der Waals surface area (Å²) in [5, 5.41) is 1.92. The van der Waals surface area contributed by atoms with Gasteiger partial charge in [-0.05, 0) is 56.0 Å². The summed E-state index contributed by atoms with van der Waals surface area (Å²) in [6.07, 6.45) is 4.09. The number of carbonyl (C=O) groups is 1. The molecule has 0 N–H and O–H groups in total. The second kappa shape index (κ2) is 10.2. The Hall–Kier alpha value is -1.17. The topological polar surface area (TPSA) is 32.8 Å². The van der Waals surface area contributed by atoms with Gasteiger partial charge in [0.05, 0.1) is 20.1 Å². The molecule has 2 aliphatic rings. The summed E-state index contributed by atoms with van der Waals surface area (Å²) >= 11 is 24.1. The van der Waals surface area contributed by atoms with E-state index in [2.05, 4.69) is 4.90 Å². The van der Waals surface area contributed by atoms with E-state index >= 15 is 0 Å². The van der Waals surface area contributed by atoms with E-state index in [0.29, 0.717) is 31.7 Å². The Morgan fingerprint density at radius 3 is 2.00 bits per heavy atom. The summed E-state index contributed by atoms with van der Waals surface area (Å²) in [4.78, 5) is 17.2. The van der Waals surface area contributed by atoms with Crippen LogP contribution in [0.3, 0.4) is 0 Å². The van der Waals surface area contributed by atoms with Crippen LogP contribution in [0.25, 0.3) is 0 Å². The van der Waals surface area contributed by atoms with Gasteiger partial charge in [0.25, 0.3) is 5.91 Å². The van der Waals surface area contributed by atoms with Crippen LogP contribution in [0.2, 0.25) is 20.1 Å². The zero-order chi connectivity index (χ0) is 22.0. The first-order valence-corrected chi connectivity index (χ1v) is 12.0. The molecule has 2 aromatic rings. The molecule has 4 rings (SSSR count). The van der Waals surface area contributed by atoms with E-state index in [1.54, 1.807) is 30.3 Å². The van der Waals surface area contributed by atoms with Gasteiger partial charge in [-0.1, -0.05) is 46.4 Å². The summed E-state index contributed by atoms with van der Waals surface area (Å²) in [7, 11) is 0. The van der Waals surface area contributed by atoms with E-state index in [1.165, 1.54) is 0 Å². The molecule has 0 aromatic heterocycles. The zero-order valence-electron chi connectivity index (χ0n) is 17.0. The Kier molecular flexibility index (Phi) is 7.56. The first kappa shape index (κ1) is 23.0. The van der Waals surface area contributed by atoms with Gasteiger partial charge in [-0.25, -0.2) is 0 Å². The van der Waals surface area contributed by atoms with Gasteiger partial charge in [-0.3, -0.25) is 9.69 Å². The average Bonchev–Trinajstić information content (AvgIpc) is 2.78. The predicted molar refractivity (Wildman–Crippen MR) is 127 cm³/mol. The molecule has 0 saturated carbocycles. The fourth-order valence-corrected chi connectivity index (χ4v) is 4.93. The number of benzene rings is 2. The Bertz CT molecular complexity index is 939. The highest BCUT2D eigenvalue weighted by molar-refractivity contribution is 6.42. The third-order valence-corrected chi connectivity index (χ3v) is 7.58. The molecule has 0 atom stereocenters. The average molecular weight is 502 g/mol. The molecule has 2 aliphatic heterocycles. The Balaban J connectivity index is 1.25. The summed E-state index contributed by atoms with van der Waals surface area (Å²) in [6.45, 7) is 3.50. The van der Waals surface area contributed by atoms with Crippen LogP contribution in [0.5, 0.6) is 5.75 Å². The van der Waals surface area contributed by atoms with E-state index in [0.717, 1.165) is 57.6 Å². The number of piperidine rings is 2. The predicted octanol–water partition coefficient (Wildman–Crippen LogP) is 6.45. The van der Waals surface area contributed by atoms with Crippen LogP contribution in [0.1, 0.15) is 36.0 Å². The lowest BCUT2D eigenvalue weighted by Crippen LogP contribution is -2.50. The van der Waals surface area contributed by atoms with E-state index in [1.807, 2.05) is 11.0 Å². The molecule has 0 unspecified atom stereocenters. The van der Waals surface area contributed by atoms with Gasteiger partial charge >= 0.3 is 0 Å². The number of nitrogens with zero attached hydrogens (tertiary/aromatic N) is 2. The van der Waals surface area contributed by atoms with Crippen molar-refractivity contribution in [3.05, 3.63) is 62.1 Å². The third kappa shape index (κ3) is 5.61. The lowest BCUT2D eigenvalue weighted by Gasteiger charge is -2.41. The molecule has 2 fully saturated rings. The van der Waals surface area contributed by atoms with Gasteiger partial charge in [-0.15, -0.1) is 0 Å². The lowest BCUT2D eigenvalue weighted by atomic mass is 9.98. The van der Waals surface area contributed by atoms with Crippen LogP contribution in [0.4, 0.5) is 0 Å². The van der Waals surface area contributed by atoms with Crippen LogP contribution in [-0.4, -0.2) is 54.0 Å². The van der Waals surface area contributed by atoms with Crippen LogP contribution >= 0.6 is 46.4 Å². The van der Waals surface area contributed by atoms with Crippen molar-refractivity contribution in [2.75, 3.05) is 26.2 Å². The van der Waals surface area contributed by atoms with E-state index in [4.69, 9.17) is 51.1 Å². The number of carbonyl (C=O) groups excluding carboxylic acids is 1. The molecule has 31 heavy (non-hydrogen) atoms. The molecule has 8 heteroatoms. The SMILES string of the molecule is O=C(c1ccc(Cl)c(Cl)c1)N1CCC(N2CCC(Oc3ccc(Cl)c(Cl)c3)CC2)CC1. The minimum absolute atomic E-state index is 0.0192.